The van der Waals surface area contributed by atoms with E-state index in [2.05, 4.69) is 5.32 Å². The molecule has 1 aromatic carbocycles. The van der Waals surface area contributed by atoms with Crippen LogP contribution in [0.15, 0.2) is 24.3 Å². The Bertz CT molecular complexity index is 479. The smallest absolute Gasteiger partial charge is 0.328 e. The lowest BCUT2D eigenvalue weighted by atomic mass is 9.94. The molecule has 0 bridgehead atoms. The van der Waals surface area contributed by atoms with E-state index >= 15 is 0 Å². The number of methoxy groups -OCH3 is 1. The average molecular weight is 279 g/mol. The van der Waals surface area contributed by atoms with Crippen molar-refractivity contribution in [2.75, 3.05) is 7.11 Å². The summed E-state index contributed by atoms with van der Waals surface area (Å²) in [5.41, 5.74) is -0.441. The molecule has 0 saturated heterocycles. The van der Waals surface area contributed by atoms with E-state index in [9.17, 15) is 9.59 Å². The zero-order valence-corrected chi connectivity index (χ0v) is 12.3. The molecule has 0 aliphatic rings. The number of carboxylic acids is 1. The second kappa shape index (κ2) is 6.41. The van der Waals surface area contributed by atoms with Gasteiger partial charge in [-0.1, -0.05) is 19.1 Å². The number of amides is 1. The van der Waals surface area contributed by atoms with Gasteiger partial charge in [-0.2, -0.15) is 0 Å². The van der Waals surface area contributed by atoms with Crippen LogP contribution in [0.4, 0.5) is 0 Å². The quantitative estimate of drug-likeness (QED) is 0.836. The first-order chi connectivity index (χ1) is 9.31. The number of carboxylic acid groups (broad SMARTS) is 1. The number of carbonyl (C=O) groups excluding carboxylic acids is 1. The molecule has 1 rings (SSSR count). The molecule has 20 heavy (non-hydrogen) atoms. The predicted molar refractivity (Wildman–Crippen MR) is 75.9 cm³/mol. The van der Waals surface area contributed by atoms with Crippen molar-refractivity contribution in [1.82, 2.24) is 5.32 Å². The summed E-state index contributed by atoms with van der Waals surface area (Å²) < 4.78 is 5.08. The van der Waals surface area contributed by atoms with Gasteiger partial charge >= 0.3 is 5.97 Å². The zero-order chi connectivity index (χ0) is 15.3. The maximum absolute atomic E-state index is 12.2. The maximum Gasteiger partial charge on any atom is 0.328 e. The van der Waals surface area contributed by atoms with Gasteiger partial charge < -0.3 is 15.2 Å². The van der Waals surface area contributed by atoms with Crippen molar-refractivity contribution < 1.29 is 19.4 Å². The molecule has 0 aliphatic carbocycles. The normalized spacial score (nSPS) is 12.6. The first kappa shape index (κ1) is 16.0. The van der Waals surface area contributed by atoms with Crippen molar-refractivity contribution in [1.29, 1.82) is 0 Å². The Labute approximate surface area is 118 Å². The number of nitrogens with one attached hydrogen (secondary N) is 1. The van der Waals surface area contributed by atoms with Crippen molar-refractivity contribution in [2.24, 2.45) is 0 Å². The number of benzene rings is 1. The molecule has 0 aliphatic heterocycles. The molecule has 5 heteroatoms. The van der Waals surface area contributed by atoms with Gasteiger partial charge in [-0.3, -0.25) is 4.79 Å². The molecular weight excluding hydrogens is 258 g/mol. The Kier molecular flexibility index (Phi) is 5.13. The zero-order valence-electron chi connectivity index (χ0n) is 12.3. The van der Waals surface area contributed by atoms with Gasteiger partial charge in [0.15, 0.2) is 0 Å². The van der Waals surface area contributed by atoms with Crippen LogP contribution in [0.25, 0.3) is 0 Å². The van der Waals surface area contributed by atoms with Crippen molar-refractivity contribution in [3.8, 4) is 5.75 Å². The fourth-order valence-electron chi connectivity index (χ4n) is 1.86. The summed E-state index contributed by atoms with van der Waals surface area (Å²) in [6.45, 7) is 4.82. The Balaban J connectivity index is 2.89. The molecule has 0 aromatic heterocycles. The third kappa shape index (κ3) is 3.73. The van der Waals surface area contributed by atoms with Gasteiger partial charge in [0.1, 0.15) is 11.3 Å². The molecular formula is C15H21NO4. The predicted octanol–water partition coefficient (Wildman–Crippen LogP) is 2.17. The number of ether oxygens (including phenoxy) is 1. The third-order valence-electron chi connectivity index (χ3n) is 3.21. The summed E-state index contributed by atoms with van der Waals surface area (Å²) in [7, 11) is 1.58. The monoisotopic (exact) mass is 279 g/mol. The van der Waals surface area contributed by atoms with Crippen LogP contribution in [0.3, 0.4) is 0 Å². The summed E-state index contributed by atoms with van der Waals surface area (Å²) >= 11 is 0. The number of aliphatic carboxylic acids is 1. The first-order valence-corrected chi connectivity index (χ1v) is 6.51. The number of hydrogen-bond donors (Lipinski definition) is 2. The van der Waals surface area contributed by atoms with E-state index in [0.717, 1.165) is 11.3 Å². The third-order valence-corrected chi connectivity index (χ3v) is 3.21. The molecule has 5 nitrogen and oxygen atoms in total. The minimum Gasteiger partial charge on any atom is -0.497 e. The van der Waals surface area contributed by atoms with Crippen LogP contribution in [0.5, 0.6) is 5.75 Å². The van der Waals surface area contributed by atoms with E-state index in [-0.39, 0.29) is 11.8 Å². The van der Waals surface area contributed by atoms with Gasteiger partial charge in [-0.25, -0.2) is 4.79 Å². The molecule has 1 aromatic rings. The Morgan fingerprint density at radius 1 is 1.30 bits per heavy atom. The Morgan fingerprint density at radius 2 is 1.85 bits per heavy atom. The van der Waals surface area contributed by atoms with E-state index in [1.807, 2.05) is 19.1 Å². The maximum atomic E-state index is 12.2. The second-order valence-corrected chi connectivity index (χ2v) is 5.15. The number of rotatable bonds is 6. The lowest BCUT2D eigenvalue weighted by Crippen LogP contribution is -2.51. The van der Waals surface area contributed by atoms with Crippen LogP contribution in [-0.4, -0.2) is 29.6 Å². The molecule has 0 radical (unpaired) electrons. The van der Waals surface area contributed by atoms with Gasteiger partial charge in [0.25, 0.3) is 0 Å². The summed E-state index contributed by atoms with van der Waals surface area (Å²) in [5, 5.41) is 11.6. The van der Waals surface area contributed by atoms with Crippen molar-refractivity contribution in [3.63, 3.8) is 0 Å². The minimum absolute atomic E-state index is 0.287. The van der Waals surface area contributed by atoms with E-state index < -0.39 is 11.5 Å². The van der Waals surface area contributed by atoms with Crippen molar-refractivity contribution in [3.05, 3.63) is 29.8 Å². The summed E-state index contributed by atoms with van der Waals surface area (Å²) in [5.74, 6) is -1.00. The lowest BCUT2D eigenvalue weighted by Gasteiger charge is -2.24. The van der Waals surface area contributed by atoms with Crippen molar-refractivity contribution >= 4 is 11.9 Å². The fraction of sp³-hybridized carbons (Fsp3) is 0.467. The standard InChI is InChI=1S/C15H21NO4/c1-5-12(10-6-8-11(20-4)9-7-10)13(17)16-15(2,3)14(18)19/h6-9,12H,5H2,1-4H3,(H,16,17)(H,18,19). The van der Waals surface area contributed by atoms with Gasteiger partial charge in [0, 0.05) is 0 Å². The van der Waals surface area contributed by atoms with Crippen LogP contribution in [0.2, 0.25) is 0 Å². The van der Waals surface area contributed by atoms with Crippen molar-refractivity contribution in [2.45, 2.75) is 38.6 Å². The molecule has 0 fully saturated rings. The second-order valence-electron chi connectivity index (χ2n) is 5.15. The number of hydrogen-bond acceptors (Lipinski definition) is 3. The topological polar surface area (TPSA) is 75.6 Å². The van der Waals surface area contributed by atoms with Crippen LogP contribution < -0.4 is 10.1 Å². The molecule has 1 amide bonds. The Hall–Kier alpha value is -2.04. The average Bonchev–Trinajstić information content (AvgIpc) is 2.39. The molecule has 2 N–H and O–H groups in total. The largest absolute Gasteiger partial charge is 0.497 e. The van der Waals surface area contributed by atoms with E-state index in [4.69, 9.17) is 9.84 Å². The molecule has 1 unspecified atom stereocenters. The Morgan fingerprint density at radius 3 is 2.25 bits per heavy atom. The van der Waals surface area contributed by atoms with E-state index in [1.54, 1.807) is 19.2 Å². The van der Waals surface area contributed by atoms with Crippen LogP contribution in [0, 0.1) is 0 Å². The molecule has 110 valence electrons. The van der Waals surface area contributed by atoms with Gasteiger partial charge in [-0.05, 0) is 38.0 Å². The summed E-state index contributed by atoms with van der Waals surface area (Å²) in [6.07, 6.45) is 0.591. The van der Waals surface area contributed by atoms with Crippen LogP contribution in [0.1, 0.15) is 38.7 Å². The lowest BCUT2D eigenvalue weighted by molar-refractivity contribution is -0.146. The molecule has 0 heterocycles. The fourth-order valence-corrected chi connectivity index (χ4v) is 1.86. The molecule has 1 atom stereocenters. The highest BCUT2D eigenvalue weighted by Crippen LogP contribution is 2.23. The van der Waals surface area contributed by atoms with Gasteiger partial charge in [0.2, 0.25) is 5.91 Å². The molecule has 0 spiro atoms. The highest BCUT2D eigenvalue weighted by molar-refractivity contribution is 5.89. The minimum atomic E-state index is -1.28. The first-order valence-electron chi connectivity index (χ1n) is 6.51. The van der Waals surface area contributed by atoms with Crippen LogP contribution in [-0.2, 0) is 9.59 Å². The highest BCUT2D eigenvalue weighted by atomic mass is 16.5. The summed E-state index contributed by atoms with van der Waals surface area (Å²) in [4.78, 5) is 23.3. The number of carbonyl (C=O) groups is 2. The van der Waals surface area contributed by atoms with E-state index in [0.29, 0.717) is 6.42 Å². The summed E-state index contributed by atoms with van der Waals surface area (Å²) in [6, 6.07) is 7.21. The highest BCUT2D eigenvalue weighted by Gasteiger charge is 2.31. The van der Waals surface area contributed by atoms with Gasteiger partial charge in [-0.15, -0.1) is 0 Å². The van der Waals surface area contributed by atoms with Gasteiger partial charge in [0.05, 0.1) is 13.0 Å². The molecule has 0 saturated carbocycles. The SMILES string of the molecule is CCC(C(=O)NC(C)(C)C(=O)O)c1ccc(OC)cc1. The van der Waals surface area contributed by atoms with Crippen LogP contribution >= 0.6 is 0 Å². The van der Waals surface area contributed by atoms with E-state index in [1.165, 1.54) is 13.8 Å².